The van der Waals surface area contributed by atoms with Gasteiger partial charge in [0.25, 0.3) is 0 Å². The van der Waals surface area contributed by atoms with Crippen molar-refractivity contribution in [3.63, 3.8) is 0 Å². The van der Waals surface area contributed by atoms with Gasteiger partial charge in [-0.05, 0) is 54.4 Å². The Morgan fingerprint density at radius 1 is 1.00 bits per heavy atom. The van der Waals surface area contributed by atoms with E-state index in [1.54, 1.807) is 23.2 Å². The van der Waals surface area contributed by atoms with E-state index in [0.29, 0.717) is 18.0 Å². The Balaban J connectivity index is 0.00000225. The summed E-state index contributed by atoms with van der Waals surface area (Å²) in [4.78, 5) is 21.3. The minimum atomic E-state index is 0. The fraction of sp³-hybridized carbons (Fsp3) is 0.0909. The molecule has 0 saturated heterocycles. The molecular weight excluding hydrogens is 438 g/mol. The van der Waals surface area contributed by atoms with Crippen LogP contribution in [0.2, 0.25) is 5.02 Å². The van der Waals surface area contributed by atoms with Crippen LogP contribution in [-0.2, 0) is 11.2 Å². The first-order chi connectivity index (χ1) is 13.3. The molecule has 1 N–H and O–H groups in total. The van der Waals surface area contributed by atoms with E-state index in [9.17, 15) is 4.79 Å². The summed E-state index contributed by atoms with van der Waals surface area (Å²) in [5, 5.41) is 1.80. The Morgan fingerprint density at radius 2 is 1.75 bits per heavy atom. The minimum Gasteiger partial charge on any atom is -1.00 e. The van der Waals surface area contributed by atoms with E-state index in [-0.39, 0.29) is 17.0 Å². The molecule has 2 heterocycles. The van der Waals surface area contributed by atoms with Crippen LogP contribution in [-0.4, -0.2) is 22.9 Å². The van der Waals surface area contributed by atoms with Crippen LogP contribution in [0.15, 0.2) is 72.9 Å². The zero-order valence-corrected chi connectivity index (χ0v) is 17.3. The zero-order valence-electron chi connectivity index (χ0n) is 15.0. The highest BCUT2D eigenvalue weighted by atomic mass is 79.9. The van der Waals surface area contributed by atoms with Gasteiger partial charge in [-0.2, -0.15) is 0 Å². The van der Waals surface area contributed by atoms with Gasteiger partial charge in [0.05, 0.1) is 11.4 Å². The number of carbonyl (C=O) groups excluding carboxylic acids is 1. The molecule has 2 aromatic carbocycles. The van der Waals surface area contributed by atoms with E-state index in [0.717, 1.165) is 40.0 Å². The third-order valence-corrected chi connectivity index (χ3v) is 4.87. The normalized spacial score (nSPS) is 10.5. The van der Waals surface area contributed by atoms with Crippen molar-refractivity contribution in [3.8, 4) is 11.4 Å². The fourth-order valence-electron chi connectivity index (χ4n) is 3.30. The van der Waals surface area contributed by atoms with E-state index in [1.165, 1.54) is 0 Å². The maximum absolute atomic E-state index is 11.6. The summed E-state index contributed by atoms with van der Waals surface area (Å²) in [5.41, 5.74) is 4.95. The van der Waals surface area contributed by atoms with Gasteiger partial charge in [0.1, 0.15) is 0 Å². The maximum atomic E-state index is 11.6. The lowest BCUT2D eigenvalue weighted by Crippen LogP contribution is -3.00. The molecule has 0 aliphatic heterocycles. The highest BCUT2D eigenvalue weighted by molar-refractivity contribution is 6.30. The molecule has 28 heavy (non-hydrogen) atoms. The lowest BCUT2D eigenvalue weighted by Gasteiger charge is -2.18. The van der Waals surface area contributed by atoms with Crippen LogP contribution in [0, 0.1) is 0 Å². The number of aromatic nitrogens is 2. The number of carbonyl (C=O) groups is 1. The second-order valence-electron chi connectivity index (χ2n) is 6.26. The molecule has 0 aliphatic rings. The minimum absolute atomic E-state index is 0. The average molecular weight is 456 g/mol. The van der Waals surface area contributed by atoms with Crippen molar-refractivity contribution < 1.29 is 21.8 Å². The van der Waals surface area contributed by atoms with Crippen LogP contribution < -0.4 is 21.9 Å². The Bertz CT molecular complexity index is 1060. The summed E-state index contributed by atoms with van der Waals surface area (Å²) in [6.07, 6.45) is 3.35. The van der Waals surface area contributed by atoms with Crippen LogP contribution >= 0.6 is 11.6 Å². The fourth-order valence-corrected chi connectivity index (χ4v) is 3.42. The number of pyridine rings is 1. The lowest BCUT2D eigenvalue weighted by molar-refractivity contribution is -0.107. The molecule has 0 fully saturated rings. The number of aromatic amines is 1. The molecule has 0 radical (unpaired) electrons. The number of nitrogens with zero attached hydrogens (tertiary/aromatic N) is 2. The van der Waals surface area contributed by atoms with Crippen molar-refractivity contribution >= 4 is 34.6 Å². The molecule has 0 spiro atoms. The number of anilines is 1. The van der Waals surface area contributed by atoms with Crippen LogP contribution in [0.3, 0.4) is 0 Å². The number of H-pyrrole nitrogens is 1. The van der Waals surface area contributed by atoms with Crippen molar-refractivity contribution in [1.29, 1.82) is 0 Å². The van der Waals surface area contributed by atoms with Gasteiger partial charge in [0, 0.05) is 34.4 Å². The van der Waals surface area contributed by atoms with Gasteiger partial charge in [-0.15, -0.1) is 0 Å². The van der Waals surface area contributed by atoms with Crippen molar-refractivity contribution in [2.45, 2.75) is 6.42 Å². The van der Waals surface area contributed by atoms with Crippen LogP contribution in [0.5, 0.6) is 0 Å². The summed E-state index contributed by atoms with van der Waals surface area (Å²) in [6.45, 7) is 0.562. The molecule has 0 aliphatic carbocycles. The molecule has 4 rings (SSSR count). The number of hydrogen-bond donors (Lipinski definition) is 1. The lowest BCUT2D eigenvalue weighted by atomic mass is 10.0. The van der Waals surface area contributed by atoms with Gasteiger partial charge in [-0.1, -0.05) is 35.9 Å². The first-order valence-electron chi connectivity index (χ1n) is 8.75. The number of nitrogens with one attached hydrogen (secondary N) is 1. The molecule has 1 amide bonds. The molecule has 142 valence electrons. The van der Waals surface area contributed by atoms with E-state index >= 15 is 0 Å². The van der Waals surface area contributed by atoms with Crippen LogP contribution in [0.1, 0.15) is 5.56 Å². The number of para-hydroxylation sites is 1. The van der Waals surface area contributed by atoms with Crippen molar-refractivity contribution in [2.24, 2.45) is 0 Å². The van der Waals surface area contributed by atoms with Gasteiger partial charge >= 0.3 is 0 Å². The Hall–Kier alpha value is -2.63. The molecular formula is C22H18BrClN3O-. The number of hydrogen-bond acceptors (Lipinski definition) is 2. The van der Waals surface area contributed by atoms with Crippen LogP contribution in [0.4, 0.5) is 5.69 Å². The first kappa shape index (κ1) is 20.1. The third-order valence-electron chi connectivity index (χ3n) is 4.62. The van der Waals surface area contributed by atoms with Gasteiger partial charge in [-0.3, -0.25) is 9.78 Å². The molecule has 0 atom stereocenters. The molecule has 6 heteroatoms. The van der Waals surface area contributed by atoms with Crippen molar-refractivity contribution in [1.82, 2.24) is 9.97 Å². The number of amides is 1. The van der Waals surface area contributed by atoms with Crippen molar-refractivity contribution in [2.75, 3.05) is 11.4 Å². The van der Waals surface area contributed by atoms with Gasteiger partial charge in [0.2, 0.25) is 6.41 Å². The van der Waals surface area contributed by atoms with Gasteiger partial charge in [-0.25, -0.2) is 0 Å². The quantitative estimate of drug-likeness (QED) is 0.453. The Labute approximate surface area is 178 Å². The van der Waals surface area contributed by atoms with E-state index in [4.69, 9.17) is 11.6 Å². The smallest absolute Gasteiger partial charge is 0.214 e. The van der Waals surface area contributed by atoms with E-state index in [1.807, 2.05) is 42.5 Å². The summed E-state index contributed by atoms with van der Waals surface area (Å²) in [7, 11) is 0. The summed E-state index contributed by atoms with van der Waals surface area (Å²) in [6, 6.07) is 21.3. The van der Waals surface area contributed by atoms with Gasteiger partial charge < -0.3 is 26.9 Å². The zero-order chi connectivity index (χ0) is 18.6. The Morgan fingerprint density at radius 3 is 2.46 bits per heavy atom. The standard InChI is InChI=1S/C22H18ClN3O.BrH/c23-16-8-10-17(11-9-16)26(15-27)14-12-19-18-5-1-2-6-20(18)25-22(19)21-7-3-4-13-24-21;/h1-11,13,15,25H,12,14H2;1H/p-1. The maximum Gasteiger partial charge on any atom is 0.214 e. The Kier molecular flexibility index (Phi) is 6.49. The number of halogens is 2. The molecule has 2 aromatic heterocycles. The number of rotatable bonds is 6. The van der Waals surface area contributed by atoms with Crippen LogP contribution in [0.25, 0.3) is 22.3 Å². The molecule has 0 saturated carbocycles. The van der Waals surface area contributed by atoms with E-state index in [2.05, 4.69) is 22.1 Å². The third kappa shape index (κ3) is 4.11. The predicted octanol–water partition coefficient (Wildman–Crippen LogP) is 2.09. The highest BCUT2D eigenvalue weighted by Gasteiger charge is 2.15. The molecule has 0 unspecified atom stereocenters. The van der Waals surface area contributed by atoms with Gasteiger partial charge in [0.15, 0.2) is 0 Å². The monoisotopic (exact) mass is 454 g/mol. The average Bonchev–Trinajstić information content (AvgIpc) is 3.09. The first-order valence-corrected chi connectivity index (χ1v) is 9.12. The largest absolute Gasteiger partial charge is 1.00 e. The second-order valence-corrected chi connectivity index (χ2v) is 6.70. The van der Waals surface area contributed by atoms with E-state index < -0.39 is 0 Å². The second kappa shape index (κ2) is 9.04. The predicted molar refractivity (Wildman–Crippen MR) is 110 cm³/mol. The summed E-state index contributed by atoms with van der Waals surface area (Å²) < 4.78 is 0. The summed E-state index contributed by atoms with van der Waals surface area (Å²) in [5.74, 6) is 0. The number of benzene rings is 2. The SMILES string of the molecule is O=CN(CCc1c(-c2ccccn2)[nH]c2ccccc12)c1ccc(Cl)cc1.[Br-]. The topological polar surface area (TPSA) is 49.0 Å². The molecule has 4 aromatic rings. The van der Waals surface area contributed by atoms with Crippen molar-refractivity contribution in [3.05, 3.63) is 83.5 Å². The summed E-state index contributed by atoms with van der Waals surface area (Å²) >= 11 is 5.95. The highest BCUT2D eigenvalue weighted by Crippen LogP contribution is 2.30. The number of fused-ring (bicyclic) bond motifs is 1. The molecule has 0 bridgehead atoms. The molecule has 4 nitrogen and oxygen atoms in total.